The molecule has 1 fully saturated rings. The standard InChI is InChI=1S/C18H23NO3.2C7H8.C4H10.2C2H6/c1-12(20)14-9-15(13(2)21)11-16(10-14)18(22)19(3)17-7-5-4-6-8-17;2*1-7-5-3-2-4-6-7;1-4(2)3;2*1-2/h4-8,14-16H,9-11H2,1-3H3;2*2-6H,1H3;4H,1-3H3;2*1-2H3. The molecule has 3 aromatic carbocycles. The summed E-state index contributed by atoms with van der Waals surface area (Å²) in [6.45, 7) is 21.8. The van der Waals surface area contributed by atoms with Crippen molar-refractivity contribution in [2.24, 2.45) is 23.7 Å². The van der Waals surface area contributed by atoms with Crippen LogP contribution >= 0.6 is 0 Å². The summed E-state index contributed by atoms with van der Waals surface area (Å²) in [6.07, 6.45) is 1.69. The first-order chi connectivity index (χ1) is 20.9. The largest absolute Gasteiger partial charge is 0.315 e. The molecule has 1 saturated carbocycles. The Morgan fingerprint density at radius 2 is 0.841 bits per heavy atom. The Morgan fingerprint density at radius 3 is 1.09 bits per heavy atom. The van der Waals surface area contributed by atoms with Crippen molar-refractivity contribution < 1.29 is 14.4 Å². The number of amides is 1. The summed E-state index contributed by atoms with van der Waals surface area (Å²) in [5.41, 5.74) is 3.47. The van der Waals surface area contributed by atoms with Crippen molar-refractivity contribution in [1.82, 2.24) is 0 Å². The summed E-state index contributed by atoms with van der Waals surface area (Å²) in [6, 6.07) is 30.0. The van der Waals surface area contributed by atoms with E-state index < -0.39 is 0 Å². The Labute approximate surface area is 270 Å². The van der Waals surface area contributed by atoms with Crippen LogP contribution in [0.1, 0.15) is 92.7 Å². The zero-order valence-electron chi connectivity index (χ0n) is 29.8. The van der Waals surface area contributed by atoms with Crippen molar-refractivity contribution in [1.29, 1.82) is 0 Å². The molecular formula is C40H61NO3. The fraction of sp³-hybridized carbons (Fsp3) is 0.475. The molecular weight excluding hydrogens is 542 g/mol. The molecule has 0 aromatic heterocycles. The fourth-order valence-corrected chi connectivity index (χ4v) is 4.31. The molecule has 1 aliphatic rings. The lowest BCUT2D eigenvalue weighted by Gasteiger charge is -2.34. The number of carbonyl (C=O) groups is 3. The van der Waals surface area contributed by atoms with Gasteiger partial charge in [0.1, 0.15) is 11.6 Å². The van der Waals surface area contributed by atoms with Crippen molar-refractivity contribution in [3.05, 3.63) is 102 Å². The molecule has 4 rings (SSSR count). The summed E-state index contributed by atoms with van der Waals surface area (Å²) in [5.74, 6) is 0.351. The molecule has 2 atom stereocenters. The van der Waals surface area contributed by atoms with Crippen LogP contribution in [0.15, 0.2) is 91.0 Å². The molecule has 0 saturated heterocycles. The highest BCUT2D eigenvalue weighted by Crippen LogP contribution is 2.36. The first-order valence-corrected chi connectivity index (χ1v) is 16.3. The van der Waals surface area contributed by atoms with E-state index in [1.165, 1.54) is 11.1 Å². The number of Topliss-reactive ketones (excluding diaryl/α,β-unsaturated/α-hetero) is 2. The SMILES string of the molecule is CC.CC.CC(=O)C1CC(C(C)=O)CC(C(=O)N(C)c2ccccc2)C1.CC(C)C.Cc1ccccc1.Cc1ccccc1. The second kappa shape index (κ2) is 25.9. The van der Waals surface area contributed by atoms with Gasteiger partial charge in [-0.2, -0.15) is 0 Å². The minimum Gasteiger partial charge on any atom is -0.315 e. The number of para-hydroxylation sites is 1. The Hall–Kier alpha value is -3.53. The molecule has 0 bridgehead atoms. The van der Waals surface area contributed by atoms with Gasteiger partial charge in [-0.15, -0.1) is 0 Å². The maximum atomic E-state index is 12.7. The number of hydrogen-bond acceptors (Lipinski definition) is 3. The van der Waals surface area contributed by atoms with Gasteiger partial charge in [-0.25, -0.2) is 0 Å². The Kier molecular flexibility index (Phi) is 25.1. The van der Waals surface area contributed by atoms with Crippen LogP contribution in [0, 0.1) is 37.5 Å². The van der Waals surface area contributed by atoms with Gasteiger partial charge >= 0.3 is 0 Å². The van der Waals surface area contributed by atoms with E-state index in [9.17, 15) is 14.4 Å². The zero-order chi connectivity index (χ0) is 34.1. The highest BCUT2D eigenvalue weighted by molar-refractivity contribution is 5.95. The Morgan fingerprint density at radius 1 is 0.568 bits per heavy atom. The van der Waals surface area contributed by atoms with Crippen molar-refractivity contribution in [3.8, 4) is 0 Å². The lowest BCUT2D eigenvalue weighted by Crippen LogP contribution is -2.40. The molecule has 4 heteroatoms. The number of benzene rings is 3. The number of hydrogen-bond donors (Lipinski definition) is 0. The predicted octanol–water partition coefficient (Wildman–Crippen LogP) is 10.6. The number of ketones is 2. The van der Waals surface area contributed by atoms with Crippen molar-refractivity contribution in [2.45, 2.75) is 95.4 Å². The molecule has 0 spiro atoms. The third-order valence-corrected chi connectivity index (χ3v) is 6.56. The van der Waals surface area contributed by atoms with Crippen LogP contribution in [0.5, 0.6) is 0 Å². The number of anilines is 1. The van der Waals surface area contributed by atoms with Crippen molar-refractivity contribution >= 4 is 23.2 Å². The summed E-state index contributed by atoms with van der Waals surface area (Å²) in [7, 11) is 1.75. The van der Waals surface area contributed by atoms with Gasteiger partial charge < -0.3 is 4.90 Å². The van der Waals surface area contributed by atoms with Crippen LogP contribution < -0.4 is 4.90 Å². The minimum atomic E-state index is -0.262. The van der Waals surface area contributed by atoms with Gasteiger partial charge in [0.25, 0.3) is 0 Å². The highest BCUT2D eigenvalue weighted by Gasteiger charge is 2.37. The maximum absolute atomic E-state index is 12.7. The number of aryl methyl sites for hydroxylation is 2. The third-order valence-electron chi connectivity index (χ3n) is 6.56. The second-order valence-corrected chi connectivity index (χ2v) is 11.3. The lowest BCUT2D eigenvalue weighted by atomic mass is 9.72. The van der Waals surface area contributed by atoms with E-state index in [0.717, 1.165) is 11.6 Å². The molecule has 1 aliphatic carbocycles. The molecule has 244 valence electrons. The molecule has 0 N–H and O–H groups in total. The Balaban J connectivity index is 0. The summed E-state index contributed by atoms with van der Waals surface area (Å²) in [4.78, 5) is 37.8. The number of carbonyl (C=O) groups excluding carboxylic acids is 3. The average Bonchev–Trinajstić information content (AvgIpc) is 3.03. The molecule has 0 heterocycles. The average molecular weight is 604 g/mol. The van der Waals surface area contributed by atoms with Gasteiger partial charge in [0.15, 0.2) is 0 Å². The maximum Gasteiger partial charge on any atom is 0.229 e. The molecule has 3 aromatic rings. The highest BCUT2D eigenvalue weighted by atomic mass is 16.2. The minimum absolute atomic E-state index is 0.0107. The van der Waals surface area contributed by atoms with Crippen LogP contribution in [0.2, 0.25) is 0 Å². The third kappa shape index (κ3) is 19.6. The molecule has 1 amide bonds. The van der Waals surface area contributed by atoms with Gasteiger partial charge in [-0.3, -0.25) is 14.4 Å². The quantitative estimate of drug-likeness (QED) is 0.298. The van der Waals surface area contributed by atoms with E-state index in [4.69, 9.17) is 0 Å². The van der Waals surface area contributed by atoms with Gasteiger partial charge in [0.05, 0.1) is 0 Å². The van der Waals surface area contributed by atoms with E-state index in [1.54, 1.807) is 25.8 Å². The molecule has 4 nitrogen and oxygen atoms in total. The summed E-state index contributed by atoms with van der Waals surface area (Å²) in [5, 5.41) is 0. The van der Waals surface area contributed by atoms with Crippen molar-refractivity contribution in [2.75, 3.05) is 11.9 Å². The predicted molar refractivity (Wildman–Crippen MR) is 191 cm³/mol. The topological polar surface area (TPSA) is 54.5 Å². The van der Waals surface area contributed by atoms with Gasteiger partial charge in [-0.05, 0) is 65.0 Å². The van der Waals surface area contributed by atoms with Crippen LogP contribution in [0.3, 0.4) is 0 Å². The fourth-order valence-electron chi connectivity index (χ4n) is 4.31. The number of nitrogens with zero attached hydrogens (tertiary/aromatic N) is 1. The lowest BCUT2D eigenvalue weighted by molar-refractivity contribution is -0.130. The normalized spacial score (nSPS) is 16.2. The summed E-state index contributed by atoms with van der Waals surface area (Å²) < 4.78 is 0. The summed E-state index contributed by atoms with van der Waals surface area (Å²) >= 11 is 0. The van der Waals surface area contributed by atoms with Crippen LogP contribution in [-0.2, 0) is 14.4 Å². The van der Waals surface area contributed by atoms with E-state index in [1.807, 2.05) is 94.4 Å². The van der Waals surface area contributed by atoms with Crippen LogP contribution in [-0.4, -0.2) is 24.5 Å². The molecule has 2 unspecified atom stereocenters. The molecule has 0 radical (unpaired) electrons. The first kappa shape index (κ1) is 42.6. The van der Waals surface area contributed by atoms with Crippen LogP contribution in [0.25, 0.3) is 0 Å². The van der Waals surface area contributed by atoms with Gasteiger partial charge in [0.2, 0.25) is 5.91 Å². The number of rotatable bonds is 4. The zero-order valence-corrected chi connectivity index (χ0v) is 29.8. The van der Waals surface area contributed by atoms with E-state index in [-0.39, 0.29) is 35.2 Å². The van der Waals surface area contributed by atoms with Crippen molar-refractivity contribution in [3.63, 3.8) is 0 Å². The monoisotopic (exact) mass is 603 g/mol. The second-order valence-electron chi connectivity index (χ2n) is 11.3. The van der Waals surface area contributed by atoms with Crippen LogP contribution in [0.4, 0.5) is 5.69 Å². The van der Waals surface area contributed by atoms with E-state index in [2.05, 4.69) is 58.9 Å². The van der Waals surface area contributed by atoms with Gasteiger partial charge in [-0.1, -0.05) is 138 Å². The van der Waals surface area contributed by atoms with E-state index in [0.29, 0.717) is 19.3 Å². The van der Waals surface area contributed by atoms with E-state index >= 15 is 0 Å². The molecule has 0 aliphatic heterocycles. The van der Waals surface area contributed by atoms with Gasteiger partial charge in [0, 0.05) is 30.5 Å². The molecule has 44 heavy (non-hydrogen) atoms. The Bertz CT molecular complexity index is 1060. The smallest absolute Gasteiger partial charge is 0.229 e. The first-order valence-electron chi connectivity index (χ1n) is 16.3.